The Balaban J connectivity index is 1.53. The van der Waals surface area contributed by atoms with Crippen LogP contribution in [-0.2, 0) is 0 Å². The first-order valence-electron chi connectivity index (χ1n) is 10.2. The van der Waals surface area contributed by atoms with Crippen LogP contribution in [0.3, 0.4) is 0 Å². The predicted octanol–water partition coefficient (Wildman–Crippen LogP) is 4.24. The van der Waals surface area contributed by atoms with Crippen LogP contribution in [0.15, 0.2) is 40.9 Å². The fourth-order valence-electron chi connectivity index (χ4n) is 3.76. The smallest absolute Gasteiger partial charge is 0.408 e. The summed E-state index contributed by atoms with van der Waals surface area (Å²) >= 11 is 0. The second-order valence-corrected chi connectivity index (χ2v) is 7.51. The molecule has 0 saturated carbocycles. The van der Waals surface area contributed by atoms with Crippen LogP contribution in [0.1, 0.15) is 44.5 Å². The highest BCUT2D eigenvalue weighted by Crippen LogP contribution is 2.33. The second-order valence-electron chi connectivity index (χ2n) is 7.51. The number of aliphatic hydroxyl groups is 1. The van der Waals surface area contributed by atoms with Crippen LogP contribution in [0.4, 0.5) is 4.79 Å². The number of carbonyl (C=O) groups is 1. The SMILES string of the molecule is CCCCCOc1ccc2cc(-c3noc([C@@H]4[C@@H](O)CCN4C(=O)O)n3)ccc2c1. The number of fused-ring (bicyclic) bond motifs is 1. The number of carboxylic acid groups (broad SMARTS) is 1. The quantitative estimate of drug-likeness (QED) is 0.560. The highest BCUT2D eigenvalue weighted by molar-refractivity contribution is 5.87. The largest absolute Gasteiger partial charge is 0.494 e. The van der Waals surface area contributed by atoms with E-state index in [0.717, 1.165) is 46.2 Å². The van der Waals surface area contributed by atoms with E-state index in [1.807, 2.05) is 36.4 Å². The summed E-state index contributed by atoms with van der Waals surface area (Å²) in [6, 6.07) is 10.9. The van der Waals surface area contributed by atoms with Crippen LogP contribution in [0.2, 0.25) is 0 Å². The molecular weight excluding hydrogens is 386 g/mol. The van der Waals surface area contributed by atoms with Crippen molar-refractivity contribution in [1.82, 2.24) is 15.0 Å². The van der Waals surface area contributed by atoms with Gasteiger partial charge in [0.25, 0.3) is 5.89 Å². The highest BCUT2D eigenvalue weighted by Gasteiger charge is 2.41. The molecule has 0 unspecified atom stereocenters. The average molecular weight is 411 g/mol. The molecule has 2 N–H and O–H groups in total. The molecule has 1 aromatic heterocycles. The first kappa shape index (κ1) is 20.2. The number of rotatable bonds is 7. The van der Waals surface area contributed by atoms with Gasteiger partial charge in [0.15, 0.2) is 0 Å². The minimum absolute atomic E-state index is 0.105. The molecule has 30 heavy (non-hydrogen) atoms. The lowest BCUT2D eigenvalue weighted by Gasteiger charge is -2.19. The summed E-state index contributed by atoms with van der Waals surface area (Å²) in [6.07, 6.45) is 1.73. The molecule has 0 aliphatic carbocycles. The predicted molar refractivity (Wildman–Crippen MR) is 110 cm³/mol. The van der Waals surface area contributed by atoms with Gasteiger partial charge in [0.2, 0.25) is 5.82 Å². The number of ether oxygens (including phenoxy) is 1. The number of aromatic nitrogens is 2. The Hall–Kier alpha value is -3.13. The van der Waals surface area contributed by atoms with Gasteiger partial charge in [-0.05, 0) is 41.8 Å². The van der Waals surface area contributed by atoms with Gasteiger partial charge in [-0.3, -0.25) is 4.90 Å². The molecule has 1 amide bonds. The van der Waals surface area contributed by atoms with E-state index in [1.54, 1.807) is 0 Å². The molecular formula is C22H25N3O5. The van der Waals surface area contributed by atoms with Gasteiger partial charge in [-0.15, -0.1) is 0 Å². The summed E-state index contributed by atoms with van der Waals surface area (Å²) in [5.41, 5.74) is 0.753. The van der Waals surface area contributed by atoms with Crippen molar-refractivity contribution < 1.29 is 24.3 Å². The maximum atomic E-state index is 11.4. The van der Waals surface area contributed by atoms with E-state index < -0.39 is 18.2 Å². The number of amides is 1. The molecule has 0 radical (unpaired) electrons. The fourth-order valence-corrected chi connectivity index (χ4v) is 3.76. The van der Waals surface area contributed by atoms with Gasteiger partial charge in [-0.1, -0.05) is 43.1 Å². The third kappa shape index (κ3) is 4.09. The van der Waals surface area contributed by atoms with Crippen molar-refractivity contribution in [3.05, 3.63) is 42.3 Å². The van der Waals surface area contributed by atoms with Crippen LogP contribution in [-0.4, -0.2) is 50.6 Å². The van der Waals surface area contributed by atoms with E-state index in [-0.39, 0.29) is 12.4 Å². The first-order valence-corrected chi connectivity index (χ1v) is 10.2. The van der Waals surface area contributed by atoms with Crippen molar-refractivity contribution in [1.29, 1.82) is 0 Å². The molecule has 2 aromatic carbocycles. The van der Waals surface area contributed by atoms with Crippen molar-refractivity contribution in [3.8, 4) is 17.1 Å². The zero-order chi connectivity index (χ0) is 21.1. The van der Waals surface area contributed by atoms with Crippen LogP contribution >= 0.6 is 0 Å². The van der Waals surface area contributed by atoms with E-state index in [4.69, 9.17) is 9.26 Å². The molecule has 0 spiro atoms. The molecule has 1 aliphatic rings. The minimum Gasteiger partial charge on any atom is -0.494 e. The lowest BCUT2D eigenvalue weighted by atomic mass is 10.1. The van der Waals surface area contributed by atoms with Crippen LogP contribution in [0, 0.1) is 0 Å². The minimum atomic E-state index is -1.12. The van der Waals surface area contributed by atoms with E-state index in [9.17, 15) is 15.0 Å². The maximum absolute atomic E-state index is 11.4. The van der Waals surface area contributed by atoms with Crippen molar-refractivity contribution in [3.63, 3.8) is 0 Å². The third-order valence-electron chi connectivity index (χ3n) is 5.39. The summed E-state index contributed by atoms with van der Waals surface area (Å²) in [6.45, 7) is 3.11. The Morgan fingerprint density at radius 1 is 1.23 bits per heavy atom. The average Bonchev–Trinajstić information content (AvgIpc) is 3.37. The Kier molecular flexibility index (Phi) is 5.85. The Morgan fingerprint density at radius 2 is 2.03 bits per heavy atom. The first-order chi connectivity index (χ1) is 14.6. The van der Waals surface area contributed by atoms with Crippen LogP contribution in [0.5, 0.6) is 5.75 Å². The lowest BCUT2D eigenvalue weighted by molar-refractivity contribution is 0.0840. The van der Waals surface area contributed by atoms with E-state index >= 15 is 0 Å². The molecule has 2 atom stereocenters. The second kappa shape index (κ2) is 8.71. The summed E-state index contributed by atoms with van der Waals surface area (Å²) in [4.78, 5) is 16.9. The van der Waals surface area contributed by atoms with Gasteiger partial charge in [-0.2, -0.15) is 4.98 Å². The highest BCUT2D eigenvalue weighted by atomic mass is 16.5. The molecule has 4 rings (SSSR count). The molecule has 1 saturated heterocycles. The number of aliphatic hydroxyl groups excluding tert-OH is 1. The third-order valence-corrected chi connectivity index (χ3v) is 5.39. The Morgan fingerprint density at radius 3 is 2.83 bits per heavy atom. The summed E-state index contributed by atoms with van der Waals surface area (Å²) < 4.78 is 11.1. The molecule has 1 fully saturated rings. The molecule has 3 aromatic rings. The normalized spacial score (nSPS) is 18.8. The van der Waals surface area contributed by atoms with Gasteiger partial charge in [0.1, 0.15) is 11.8 Å². The van der Waals surface area contributed by atoms with Crippen molar-refractivity contribution in [2.24, 2.45) is 0 Å². The lowest BCUT2D eigenvalue weighted by Crippen LogP contribution is -2.32. The van der Waals surface area contributed by atoms with Crippen LogP contribution < -0.4 is 4.74 Å². The van der Waals surface area contributed by atoms with E-state index in [2.05, 4.69) is 17.1 Å². The van der Waals surface area contributed by atoms with Crippen molar-refractivity contribution in [2.45, 2.75) is 44.8 Å². The number of unbranched alkanes of at least 4 members (excludes halogenated alkanes) is 2. The summed E-state index contributed by atoms with van der Waals surface area (Å²) in [5.74, 6) is 1.31. The van der Waals surface area contributed by atoms with Crippen molar-refractivity contribution >= 4 is 16.9 Å². The maximum Gasteiger partial charge on any atom is 0.408 e. The number of hydrogen-bond donors (Lipinski definition) is 2. The van der Waals surface area contributed by atoms with Crippen LogP contribution in [0.25, 0.3) is 22.2 Å². The standard InChI is InChI=1S/C22H25N3O5/c1-2-3-4-11-29-17-8-7-14-12-16(6-5-15(14)13-17)20-23-21(30-24-20)19-18(26)9-10-25(19)22(27)28/h5-8,12-13,18-19,26H,2-4,9-11H2,1H3,(H,27,28)/t18-,19-/m0/s1. The zero-order valence-corrected chi connectivity index (χ0v) is 16.8. The van der Waals surface area contributed by atoms with Gasteiger partial charge < -0.3 is 19.5 Å². The summed E-state index contributed by atoms with van der Waals surface area (Å²) in [5, 5.41) is 25.5. The zero-order valence-electron chi connectivity index (χ0n) is 16.8. The molecule has 8 nitrogen and oxygen atoms in total. The van der Waals surface area contributed by atoms with Gasteiger partial charge in [0.05, 0.1) is 12.7 Å². The summed E-state index contributed by atoms with van der Waals surface area (Å²) in [7, 11) is 0. The molecule has 1 aliphatic heterocycles. The number of nitrogens with zero attached hydrogens (tertiary/aromatic N) is 3. The number of benzene rings is 2. The van der Waals surface area contributed by atoms with E-state index in [0.29, 0.717) is 18.9 Å². The Labute approximate surface area is 174 Å². The van der Waals surface area contributed by atoms with Gasteiger partial charge >= 0.3 is 6.09 Å². The fraction of sp³-hybridized carbons (Fsp3) is 0.409. The number of likely N-dealkylation sites (tertiary alicyclic amines) is 1. The number of hydrogen-bond acceptors (Lipinski definition) is 6. The topological polar surface area (TPSA) is 109 Å². The molecule has 2 heterocycles. The monoisotopic (exact) mass is 411 g/mol. The van der Waals surface area contributed by atoms with Gasteiger partial charge in [0, 0.05) is 12.1 Å². The molecule has 158 valence electrons. The molecule has 0 bridgehead atoms. The van der Waals surface area contributed by atoms with E-state index in [1.165, 1.54) is 0 Å². The molecule has 8 heteroatoms. The van der Waals surface area contributed by atoms with Crippen molar-refractivity contribution in [2.75, 3.05) is 13.2 Å². The Bertz CT molecular complexity index is 1030. The van der Waals surface area contributed by atoms with Gasteiger partial charge in [-0.25, -0.2) is 4.79 Å².